The van der Waals surface area contributed by atoms with Crippen LogP contribution in [0.3, 0.4) is 0 Å². The molecule has 3 aromatic carbocycles. The minimum Gasteiger partial charge on any atom is -0.484 e. The Morgan fingerprint density at radius 1 is 0.733 bits per heavy atom. The van der Waals surface area contributed by atoms with Gasteiger partial charge in [-0.05, 0) is 29.8 Å². The topological polar surface area (TPSA) is 42.0 Å². The maximum absolute atomic E-state index is 12.6. The fourth-order valence-corrected chi connectivity index (χ4v) is 3.49. The van der Waals surface area contributed by atoms with Crippen LogP contribution in [-0.4, -0.2) is 48.5 Å². The van der Waals surface area contributed by atoms with E-state index in [-0.39, 0.29) is 12.5 Å². The van der Waals surface area contributed by atoms with Crippen LogP contribution in [0, 0.1) is 0 Å². The van der Waals surface area contributed by atoms with Gasteiger partial charge in [0.05, 0.1) is 0 Å². The molecule has 0 saturated carbocycles. The molecule has 0 unspecified atom stereocenters. The molecular formula is C25H26N2O3. The third-order valence-corrected chi connectivity index (χ3v) is 5.12. The number of hydrogen-bond donors (Lipinski definition) is 0. The average Bonchev–Trinajstić information content (AvgIpc) is 2.80. The first-order chi connectivity index (χ1) is 14.8. The number of ether oxygens (including phenoxy) is 2. The van der Waals surface area contributed by atoms with E-state index in [4.69, 9.17) is 9.47 Å². The zero-order valence-electron chi connectivity index (χ0n) is 16.9. The first-order valence-corrected chi connectivity index (χ1v) is 10.3. The van der Waals surface area contributed by atoms with E-state index in [1.165, 1.54) is 5.56 Å². The predicted molar refractivity (Wildman–Crippen MR) is 117 cm³/mol. The molecule has 154 valence electrons. The quantitative estimate of drug-likeness (QED) is 0.594. The summed E-state index contributed by atoms with van der Waals surface area (Å²) in [7, 11) is 0. The van der Waals surface area contributed by atoms with Gasteiger partial charge in [0.15, 0.2) is 6.61 Å². The molecule has 1 aliphatic rings. The van der Waals surface area contributed by atoms with Crippen molar-refractivity contribution in [2.45, 2.75) is 6.54 Å². The van der Waals surface area contributed by atoms with Gasteiger partial charge in [0.2, 0.25) is 0 Å². The molecule has 1 amide bonds. The van der Waals surface area contributed by atoms with E-state index in [1.807, 2.05) is 59.5 Å². The molecular weight excluding hydrogens is 376 g/mol. The first kappa shape index (κ1) is 20.0. The van der Waals surface area contributed by atoms with Crippen LogP contribution in [0.15, 0.2) is 84.9 Å². The zero-order chi connectivity index (χ0) is 20.6. The summed E-state index contributed by atoms with van der Waals surface area (Å²) < 4.78 is 11.6. The highest BCUT2D eigenvalue weighted by molar-refractivity contribution is 5.77. The van der Waals surface area contributed by atoms with Crippen LogP contribution in [0.2, 0.25) is 0 Å². The van der Waals surface area contributed by atoms with Crippen LogP contribution >= 0.6 is 0 Å². The van der Waals surface area contributed by atoms with Gasteiger partial charge in [-0.25, -0.2) is 0 Å². The Hall–Kier alpha value is -3.31. The Morgan fingerprint density at radius 3 is 2.10 bits per heavy atom. The third-order valence-electron chi connectivity index (χ3n) is 5.12. The smallest absolute Gasteiger partial charge is 0.260 e. The number of carbonyl (C=O) groups is 1. The summed E-state index contributed by atoms with van der Waals surface area (Å²) >= 11 is 0. The zero-order valence-corrected chi connectivity index (χ0v) is 16.9. The molecule has 1 fully saturated rings. The lowest BCUT2D eigenvalue weighted by Gasteiger charge is -2.34. The van der Waals surface area contributed by atoms with Gasteiger partial charge in [0, 0.05) is 38.8 Å². The number of rotatable bonds is 7. The van der Waals surface area contributed by atoms with Gasteiger partial charge in [-0.3, -0.25) is 9.69 Å². The Bertz CT molecular complexity index is 939. The molecule has 1 aliphatic heterocycles. The van der Waals surface area contributed by atoms with Crippen LogP contribution in [0.25, 0.3) is 0 Å². The molecule has 0 aliphatic carbocycles. The van der Waals surface area contributed by atoms with Crippen LogP contribution in [-0.2, 0) is 11.3 Å². The number of nitrogens with zero attached hydrogens (tertiary/aromatic N) is 2. The van der Waals surface area contributed by atoms with Crippen molar-refractivity contribution in [3.63, 3.8) is 0 Å². The molecule has 0 atom stereocenters. The van der Waals surface area contributed by atoms with E-state index >= 15 is 0 Å². The second-order valence-electron chi connectivity index (χ2n) is 7.32. The van der Waals surface area contributed by atoms with Crippen molar-refractivity contribution in [1.29, 1.82) is 0 Å². The molecule has 0 spiro atoms. The minimum atomic E-state index is 0.0174. The molecule has 0 N–H and O–H groups in total. The maximum atomic E-state index is 12.6. The van der Waals surface area contributed by atoms with Crippen molar-refractivity contribution in [3.05, 3.63) is 90.5 Å². The lowest BCUT2D eigenvalue weighted by molar-refractivity contribution is -0.135. The van der Waals surface area contributed by atoms with Gasteiger partial charge in [0.1, 0.15) is 17.2 Å². The number of hydrogen-bond acceptors (Lipinski definition) is 4. The maximum Gasteiger partial charge on any atom is 0.260 e. The molecule has 0 radical (unpaired) electrons. The van der Waals surface area contributed by atoms with E-state index in [1.54, 1.807) is 6.07 Å². The first-order valence-electron chi connectivity index (χ1n) is 10.3. The third kappa shape index (κ3) is 5.61. The SMILES string of the molecule is O=C(COc1cccc(Oc2ccccc2)c1)N1CCN(Cc2ccccc2)CC1. The average molecular weight is 402 g/mol. The van der Waals surface area contributed by atoms with Gasteiger partial charge in [-0.1, -0.05) is 54.6 Å². The molecule has 3 aromatic rings. The molecule has 5 heteroatoms. The van der Waals surface area contributed by atoms with E-state index in [0.717, 1.165) is 38.5 Å². The largest absolute Gasteiger partial charge is 0.484 e. The van der Waals surface area contributed by atoms with Gasteiger partial charge in [0.25, 0.3) is 5.91 Å². The number of amides is 1. The minimum absolute atomic E-state index is 0.0174. The van der Waals surface area contributed by atoms with Gasteiger partial charge < -0.3 is 14.4 Å². The molecule has 4 rings (SSSR count). The summed E-state index contributed by atoms with van der Waals surface area (Å²) in [5.41, 5.74) is 1.30. The molecule has 0 bridgehead atoms. The highest BCUT2D eigenvalue weighted by atomic mass is 16.5. The monoisotopic (exact) mass is 402 g/mol. The number of para-hydroxylation sites is 1. The van der Waals surface area contributed by atoms with E-state index in [2.05, 4.69) is 29.2 Å². The van der Waals surface area contributed by atoms with Crippen molar-refractivity contribution < 1.29 is 14.3 Å². The highest BCUT2D eigenvalue weighted by Crippen LogP contribution is 2.25. The molecule has 0 aromatic heterocycles. The Kier molecular flexibility index (Phi) is 6.62. The Morgan fingerprint density at radius 2 is 1.37 bits per heavy atom. The summed E-state index contributed by atoms with van der Waals surface area (Å²) in [6.45, 7) is 4.17. The predicted octanol–water partition coefficient (Wildman–Crippen LogP) is 4.20. The van der Waals surface area contributed by atoms with Crippen molar-refractivity contribution >= 4 is 5.91 Å². The summed E-state index contributed by atoms with van der Waals surface area (Å²) in [4.78, 5) is 16.8. The van der Waals surface area contributed by atoms with Crippen LogP contribution < -0.4 is 9.47 Å². The summed E-state index contributed by atoms with van der Waals surface area (Å²) in [5.74, 6) is 2.09. The van der Waals surface area contributed by atoms with Crippen molar-refractivity contribution in [2.24, 2.45) is 0 Å². The molecule has 1 heterocycles. The van der Waals surface area contributed by atoms with E-state index < -0.39 is 0 Å². The number of benzene rings is 3. The lowest BCUT2D eigenvalue weighted by atomic mass is 10.2. The van der Waals surface area contributed by atoms with Crippen LogP contribution in [0.1, 0.15) is 5.56 Å². The standard InChI is InChI=1S/C25H26N2O3/c28-25(27-16-14-26(15-17-27)19-21-8-3-1-4-9-21)20-29-23-12-7-13-24(18-23)30-22-10-5-2-6-11-22/h1-13,18H,14-17,19-20H2. The molecule has 30 heavy (non-hydrogen) atoms. The fraction of sp³-hybridized carbons (Fsp3) is 0.240. The molecule has 1 saturated heterocycles. The van der Waals surface area contributed by atoms with Crippen LogP contribution in [0.4, 0.5) is 0 Å². The van der Waals surface area contributed by atoms with E-state index in [0.29, 0.717) is 11.5 Å². The fourth-order valence-electron chi connectivity index (χ4n) is 3.49. The Labute approximate surface area is 177 Å². The number of piperazine rings is 1. The van der Waals surface area contributed by atoms with Gasteiger partial charge >= 0.3 is 0 Å². The highest BCUT2D eigenvalue weighted by Gasteiger charge is 2.21. The van der Waals surface area contributed by atoms with Crippen molar-refractivity contribution in [2.75, 3.05) is 32.8 Å². The van der Waals surface area contributed by atoms with E-state index in [9.17, 15) is 4.79 Å². The lowest BCUT2D eigenvalue weighted by Crippen LogP contribution is -2.49. The Balaban J connectivity index is 1.24. The van der Waals surface area contributed by atoms with Crippen molar-refractivity contribution in [1.82, 2.24) is 9.80 Å². The van der Waals surface area contributed by atoms with Gasteiger partial charge in [-0.15, -0.1) is 0 Å². The second-order valence-corrected chi connectivity index (χ2v) is 7.32. The van der Waals surface area contributed by atoms with Crippen molar-refractivity contribution in [3.8, 4) is 17.2 Å². The molecule has 5 nitrogen and oxygen atoms in total. The van der Waals surface area contributed by atoms with Crippen LogP contribution in [0.5, 0.6) is 17.2 Å². The summed E-state index contributed by atoms with van der Waals surface area (Å²) in [6, 6.07) is 27.4. The normalized spacial score (nSPS) is 14.3. The summed E-state index contributed by atoms with van der Waals surface area (Å²) in [6.07, 6.45) is 0. The second kappa shape index (κ2) is 9.94. The number of carbonyl (C=O) groups excluding carboxylic acids is 1. The van der Waals surface area contributed by atoms with Gasteiger partial charge in [-0.2, -0.15) is 0 Å². The summed E-state index contributed by atoms with van der Waals surface area (Å²) in [5, 5.41) is 0.